The Morgan fingerprint density at radius 3 is 2.80 bits per heavy atom. The molecule has 1 aromatic heterocycles. The zero-order valence-corrected chi connectivity index (χ0v) is 17.2. The van der Waals surface area contributed by atoms with Gasteiger partial charge in [0, 0.05) is 41.7 Å². The first-order chi connectivity index (χ1) is 14.6. The summed E-state index contributed by atoms with van der Waals surface area (Å²) in [6.45, 7) is 3.71. The van der Waals surface area contributed by atoms with Crippen molar-refractivity contribution in [1.82, 2.24) is 4.98 Å². The van der Waals surface area contributed by atoms with Gasteiger partial charge in [0.05, 0.1) is 29.8 Å². The van der Waals surface area contributed by atoms with E-state index in [0.717, 1.165) is 36.0 Å². The SMILES string of the molecule is COC[C@@H]1CCCN1c1cc(C)nc2cc(NC(=O)c3ccc(C#N)cc3)ccc12. The van der Waals surface area contributed by atoms with Gasteiger partial charge in [0.25, 0.3) is 5.91 Å². The first kappa shape index (κ1) is 19.9. The van der Waals surface area contributed by atoms with Crippen LogP contribution in [0.5, 0.6) is 0 Å². The Bertz CT molecular complexity index is 1120. The molecule has 0 spiro atoms. The summed E-state index contributed by atoms with van der Waals surface area (Å²) in [5.74, 6) is -0.216. The summed E-state index contributed by atoms with van der Waals surface area (Å²) < 4.78 is 5.42. The molecule has 0 bridgehead atoms. The molecule has 6 heteroatoms. The second-order valence-corrected chi connectivity index (χ2v) is 7.60. The summed E-state index contributed by atoms with van der Waals surface area (Å²) >= 11 is 0. The summed E-state index contributed by atoms with van der Waals surface area (Å²) in [7, 11) is 1.75. The quantitative estimate of drug-likeness (QED) is 0.691. The van der Waals surface area contributed by atoms with Crippen molar-refractivity contribution in [2.75, 3.05) is 30.5 Å². The molecular weight excluding hydrogens is 376 g/mol. The second-order valence-electron chi connectivity index (χ2n) is 7.60. The van der Waals surface area contributed by atoms with Crippen molar-refractivity contribution < 1.29 is 9.53 Å². The number of benzene rings is 2. The van der Waals surface area contributed by atoms with Crippen LogP contribution in [0.25, 0.3) is 10.9 Å². The molecular formula is C24H24N4O2. The zero-order chi connectivity index (χ0) is 21.1. The first-order valence-electron chi connectivity index (χ1n) is 10.1. The fourth-order valence-corrected chi connectivity index (χ4v) is 4.07. The Morgan fingerprint density at radius 2 is 2.07 bits per heavy atom. The molecule has 1 aliphatic rings. The Balaban J connectivity index is 1.63. The van der Waals surface area contributed by atoms with E-state index in [4.69, 9.17) is 15.0 Å². The first-order valence-corrected chi connectivity index (χ1v) is 10.1. The van der Waals surface area contributed by atoms with Gasteiger partial charge in [-0.2, -0.15) is 5.26 Å². The van der Waals surface area contributed by atoms with Crippen LogP contribution < -0.4 is 10.2 Å². The number of pyridine rings is 1. The van der Waals surface area contributed by atoms with E-state index < -0.39 is 0 Å². The monoisotopic (exact) mass is 400 g/mol. The fourth-order valence-electron chi connectivity index (χ4n) is 4.07. The zero-order valence-electron chi connectivity index (χ0n) is 17.2. The third kappa shape index (κ3) is 3.98. The highest BCUT2D eigenvalue weighted by atomic mass is 16.5. The van der Waals surface area contributed by atoms with Gasteiger partial charge in [0.1, 0.15) is 0 Å². The van der Waals surface area contributed by atoms with Gasteiger partial charge in [-0.15, -0.1) is 0 Å². The maximum atomic E-state index is 12.6. The van der Waals surface area contributed by atoms with Gasteiger partial charge in [-0.25, -0.2) is 0 Å². The number of amides is 1. The smallest absolute Gasteiger partial charge is 0.255 e. The van der Waals surface area contributed by atoms with Crippen molar-refractivity contribution in [3.63, 3.8) is 0 Å². The molecule has 1 N–H and O–H groups in total. The van der Waals surface area contributed by atoms with E-state index in [1.165, 1.54) is 5.69 Å². The normalized spacial score (nSPS) is 15.9. The van der Waals surface area contributed by atoms with Gasteiger partial charge < -0.3 is 15.0 Å². The van der Waals surface area contributed by atoms with E-state index in [9.17, 15) is 4.79 Å². The lowest BCUT2D eigenvalue weighted by Crippen LogP contribution is -2.33. The van der Waals surface area contributed by atoms with Crippen molar-refractivity contribution in [2.45, 2.75) is 25.8 Å². The maximum absolute atomic E-state index is 12.6. The van der Waals surface area contributed by atoms with Crippen LogP contribution in [-0.4, -0.2) is 37.2 Å². The van der Waals surface area contributed by atoms with Crippen molar-refractivity contribution in [2.24, 2.45) is 0 Å². The highest BCUT2D eigenvalue weighted by molar-refractivity contribution is 6.05. The van der Waals surface area contributed by atoms with Gasteiger partial charge in [-0.3, -0.25) is 9.78 Å². The molecule has 0 aliphatic carbocycles. The molecule has 1 saturated heterocycles. The number of ether oxygens (including phenoxy) is 1. The van der Waals surface area contributed by atoms with Crippen LogP contribution in [0, 0.1) is 18.3 Å². The standard InChI is InChI=1S/C24H24N4O2/c1-16-12-23(28-11-3-4-20(28)15-30-2)21-10-9-19(13-22(21)26-16)27-24(29)18-7-5-17(14-25)6-8-18/h5-10,12-13,20H,3-4,11,15H2,1-2H3,(H,27,29)/t20-/m0/s1. The number of fused-ring (bicyclic) bond motifs is 1. The number of nitrogens with one attached hydrogen (secondary N) is 1. The summed E-state index contributed by atoms with van der Waals surface area (Å²) in [5.41, 5.74) is 4.68. The number of anilines is 2. The predicted molar refractivity (Wildman–Crippen MR) is 118 cm³/mol. The molecule has 4 rings (SSSR count). The van der Waals surface area contributed by atoms with E-state index in [-0.39, 0.29) is 5.91 Å². The molecule has 6 nitrogen and oxygen atoms in total. The minimum absolute atomic E-state index is 0.216. The fraction of sp³-hybridized carbons (Fsp3) is 0.292. The van der Waals surface area contributed by atoms with Crippen molar-refractivity contribution >= 4 is 28.2 Å². The lowest BCUT2D eigenvalue weighted by atomic mass is 10.1. The van der Waals surface area contributed by atoms with Crippen molar-refractivity contribution in [1.29, 1.82) is 5.26 Å². The minimum atomic E-state index is -0.216. The number of methoxy groups -OCH3 is 1. The van der Waals surface area contributed by atoms with Crippen LogP contribution >= 0.6 is 0 Å². The predicted octanol–water partition coefficient (Wildman–Crippen LogP) is 4.28. The van der Waals surface area contributed by atoms with Crippen LogP contribution in [0.2, 0.25) is 0 Å². The number of carbonyl (C=O) groups is 1. The lowest BCUT2D eigenvalue weighted by Gasteiger charge is -2.28. The summed E-state index contributed by atoms with van der Waals surface area (Å²) in [4.78, 5) is 19.7. The number of hydrogen-bond acceptors (Lipinski definition) is 5. The van der Waals surface area contributed by atoms with Crippen molar-refractivity contribution in [3.8, 4) is 6.07 Å². The van der Waals surface area contributed by atoms with Gasteiger partial charge in [0.2, 0.25) is 0 Å². The molecule has 0 unspecified atom stereocenters. The summed E-state index contributed by atoms with van der Waals surface area (Å²) in [6.07, 6.45) is 2.27. The number of aromatic nitrogens is 1. The Kier molecular flexibility index (Phi) is 5.64. The van der Waals surface area contributed by atoms with Gasteiger partial charge in [-0.05, 0) is 68.3 Å². The topological polar surface area (TPSA) is 78.2 Å². The van der Waals surface area contributed by atoms with Gasteiger partial charge >= 0.3 is 0 Å². The number of nitriles is 1. The number of aryl methyl sites for hydroxylation is 1. The lowest BCUT2D eigenvalue weighted by molar-refractivity contribution is 0.102. The molecule has 0 saturated carbocycles. The Labute approximate surface area is 176 Å². The van der Waals surface area contributed by atoms with E-state index in [1.807, 2.05) is 25.1 Å². The Hall–Kier alpha value is -3.43. The average molecular weight is 400 g/mol. The molecule has 1 atom stereocenters. The van der Waals surface area contributed by atoms with Crippen LogP contribution in [0.4, 0.5) is 11.4 Å². The van der Waals surface area contributed by atoms with Crippen LogP contribution in [0.3, 0.4) is 0 Å². The highest BCUT2D eigenvalue weighted by Crippen LogP contribution is 2.33. The molecule has 0 radical (unpaired) electrons. The van der Waals surface area contributed by atoms with Crippen LogP contribution in [0.15, 0.2) is 48.5 Å². The van der Waals surface area contributed by atoms with E-state index in [2.05, 4.69) is 22.4 Å². The van der Waals surface area contributed by atoms with Crippen LogP contribution in [-0.2, 0) is 4.74 Å². The molecule has 30 heavy (non-hydrogen) atoms. The Morgan fingerprint density at radius 1 is 1.27 bits per heavy atom. The third-order valence-electron chi connectivity index (χ3n) is 5.50. The maximum Gasteiger partial charge on any atom is 0.255 e. The average Bonchev–Trinajstić information content (AvgIpc) is 3.21. The third-order valence-corrected chi connectivity index (χ3v) is 5.50. The molecule has 2 heterocycles. The summed E-state index contributed by atoms with van der Waals surface area (Å²) in [6, 6.07) is 17.0. The van der Waals surface area contributed by atoms with Crippen LogP contribution in [0.1, 0.15) is 34.5 Å². The molecule has 152 valence electrons. The van der Waals surface area contributed by atoms with Gasteiger partial charge in [0.15, 0.2) is 0 Å². The molecule has 1 amide bonds. The second kappa shape index (κ2) is 8.52. The number of hydrogen-bond donors (Lipinski definition) is 1. The molecule has 2 aromatic carbocycles. The minimum Gasteiger partial charge on any atom is -0.383 e. The largest absolute Gasteiger partial charge is 0.383 e. The van der Waals surface area contributed by atoms with E-state index >= 15 is 0 Å². The highest BCUT2D eigenvalue weighted by Gasteiger charge is 2.26. The molecule has 3 aromatic rings. The number of nitrogens with zero attached hydrogens (tertiary/aromatic N) is 3. The summed E-state index contributed by atoms with van der Waals surface area (Å²) in [5, 5.41) is 12.9. The van der Waals surface area contributed by atoms with Gasteiger partial charge in [-0.1, -0.05) is 0 Å². The molecule has 1 fully saturated rings. The van der Waals surface area contributed by atoms with Crippen molar-refractivity contribution in [3.05, 3.63) is 65.4 Å². The van der Waals surface area contributed by atoms with E-state index in [1.54, 1.807) is 31.4 Å². The van der Waals surface area contributed by atoms with E-state index in [0.29, 0.717) is 29.5 Å². The molecule has 1 aliphatic heterocycles. The number of carbonyl (C=O) groups excluding carboxylic acids is 1. The number of rotatable bonds is 5.